The van der Waals surface area contributed by atoms with E-state index in [9.17, 15) is 0 Å². The van der Waals surface area contributed by atoms with E-state index in [2.05, 4.69) is 27.8 Å². The van der Waals surface area contributed by atoms with E-state index in [1.165, 1.54) is 0 Å². The zero-order valence-electron chi connectivity index (χ0n) is 12.2. The van der Waals surface area contributed by atoms with Crippen molar-refractivity contribution in [2.45, 2.75) is 25.8 Å². The second kappa shape index (κ2) is 7.43. The predicted octanol–water partition coefficient (Wildman–Crippen LogP) is 3.92. The summed E-state index contributed by atoms with van der Waals surface area (Å²) in [5.74, 6) is 2.19. The quantitative estimate of drug-likeness (QED) is 0.857. The Morgan fingerprint density at radius 1 is 1.24 bits per heavy atom. The van der Waals surface area contributed by atoms with Crippen LogP contribution in [0.5, 0.6) is 17.2 Å². The van der Waals surface area contributed by atoms with Gasteiger partial charge in [0.1, 0.15) is 17.2 Å². The topological polar surface area (TPSA) is 57.4 Å². The molecule has 1 atom stereocenters. The minimum absolute atomic E-state index is 0.148. The van der Waals surface area contributed by atoms with E-state index in [0.717, 1.165) is 34.4 Å². The van der Waals surface area contributed by atoms with Crippen molar-refractivity contribution < 1.29 is 9.47 Å². The van der Waals surface area contributed by atoms with Crippen molar-refractivity contribution in [3.63, 3.8) is 0 Å². The number of nitrogens with two attached hydrogens (primary N) is 1. The molecule has 2 aromatic rings. The average molecular weight is 351 g/mol. The summed E-state index contributed by atoms with van der Waals surface area (Å²) in [5, 5.41) is 0. The smallest absolute Gasteiger partial charge is 0.146 e. The van der Waals surface area contributed by atoms with Gasteiger partial charge in [-0.2, -0.15) is 0 Å². The molecule has 0 spiro atoms. The summed E-state index contributed by atoms with van der Waals surface area (Å²) in [5.41, 5.74) is 7.05. The van der Waals surface area contributed by atoms with Gasteiger partial charge in [0.05, 0.1) is 17.8 Å². The number of rotatable bonds is 6. The molecular weight excluding hydrogens is 332 g/mol. The van der Waals surface area contributed by atoms with E-state index >= 15 is 0 Å². The molecule has 112 valence electrons. The Labute approximate surface area is 133 Å². The summed E-state index contributed by atoms with van der Waals surface area (Å²) in [6, 6.07) is 7.69. The molecule has 0 amide bonds. The highest BCUT2D eigenvalue weighted by molar-refractivity contribution is 9.10. The standard InChI is InChI=1S/C16H19BrN2O2/c1-3-12(18)6-11-7-14(10-19-9-11)21-16-5-4-13(20-2)8-15(16)17/h4-5,7-10,12H,3,6,18H2,1-2H3. The number of benzene rings is 1. The van der Waals surface area contributed by atoms with E-state index in [0.29, 0.717) is 5.75 Å². The summed E-state index contributed by atoms with van der Waals surface area (Å²) in [6.45, 7) is 2.08. The molecule has 0 saturated carbocycles. The minimum Gasteiger partial charge on any atom is -0.497 e. The molecule has 2 rings (SSSR count). The molecule has 1 heterocycles. The number of ether oxygens (including phenoxy) is 2. The van der Waals surface area contributed by atoms with Crippen molar-refractivity contribution in [1.29, 1.82) is 0 Å². The highest BCUT2D eigenvalue weighted by Crippen LogP contribution is 2.32. The first kappa shape index (κ1) is 15.8. The van der Waals surface area contributed by atoms with Crippen LogP contribution < -0.4 is 15.2 Å². The first-order valence-corrected chi connectivity index (χ1v) is 7.62. The summed E-state index contributed by atoms with van der Waals surface area (Å²) >= 11 is 3.47. The first-order valence-electron chi connectivity index (χ1n) is 6.83. The van der Waals surface area contributed by atoms with E-state index < -0.39 is 0 Å². The lowest BCUT2D eigenvalue weighted by Gasteiger charge is -2.11. The van der Waals surface area contributed by atoms with Crippen molar-refractivity contribution >= 4 is 15.9 Å². The van der Waals surface area contributed by atoms with Gasteiger partial charge in [0.2, 0.25) is 0 Å². The number of hydrogen-bond acceptors (Lipinski definition) is 4. The van der Waals surface area contributed by atoms with Crippen molar-refractivity contribution in [3.05, 3.63) is 46.7 Å². The van der Waals surface area contributed by atoms with Crippen molar-refractivity contribution in [1.82, 2.24) is 4.98 Å². The van der Waals surface area contributed by atoms with Gasteiger partial charge < -0.3 is 15.2 Å². The van der Waals surface area contributed by atoms with E-state index in [1.807, 2.05) is 30.5 Å². The fraction of sp³-hybridized carbons (Fsp3) is 0.312. The van der Waals surface area contributed by atoms with Gasteiger partial charge in [-0.3, -0.25) is 4.98 Å². The van der Waals surface area contributed by atoms with Crippen LogP contribution in [0.1, 0.15) is 18.9 Å². The second-order valence-corrected chi connectivity index (χ2v) is 5.65. The Morgan fingerprint density at radius 3 is 2.71 bits per heavy atom. The molecular formula is C16H19BrN2O2. The summed E-state index contributed by atoms with van der Waals surface area (Å²) in [6.07, 6.45) is 5.25. The van der Waals surface area contributed by atoms with Gasteiger partial charge in [0.25, 0.3) is 0 Å². The lowest BCUT2D eigenvalue weighted by atomic mass is 10.1. The molecule has 0 radical (unpaired) electrons. The number of methoxy groups -OCH3 is 1. The third kappa shape index (κ3) is 4.44. The van der Waals surface area contributed by atoms with Crippen LogP contribution in [-0.2, 0) is 6.42 Å². The SMILES string of the molecule is CCC(N)Cc1cncc(Oc2ccc(OC)cc2Br)c1. The third-order valence-electron chi connectivity index (χ3n) is 3.16. The Hall–Kier alpha value is -1.59. The normalized spacial score (nSPS) is 12.0. The Morgan fingerprint density at radius 2 is 2.05 bits per heavy atom. The number of pyridine rings is 1. The molecule has 21 heavy (non-hydrogen) atoms. The van der Waals surface area contributed by atoms with Gasteiger partial charge >= 0.3 is 0 Å². The lowest BCUT2D eigenvalue weighted by Crippen LogP contribution is -2.21. The maximum atomic E-state index is 5.97. The average Bonchev–Trinajstić information content (AvgIpc) is 2.49. The zero-order chi connectivity index (χ0) is 15.2. The number of aromatic nitrogens is 1. The predicted molar refractivity (Wildman–Crippen MR) is 87.0 cm³/mol. The largest absolute Gasteiger partial charge is 0.497 e. The molecule has 0 aliphatic heterocycles. The molecule has 1 aromatic heterocycles. The molecule has 5 heteroatoms. The highest BCUT2D eigenvalue weighted by Gasteiger charge is 2.07. The first-order chi connectivity index (χ1) is 10.1. The van der Waals surface area contributed by atoms with Gasteiger partial charge in [-0.15, -0.1) is 0 Å². The van der Waals surface area contributed by atoms with Gasteiger partial charge in [-0.1, -0.05) is 6.92 Å². The monoisotopic (exact) mass is 350 g/mol. The fourth-order valence-corrected chi connectivity index (χ4v) is 2.34. The van der Waals surface area contributed by atoms with E-state index in [1.54, 1.807) is 13.3 Å². The van der Waals surface area contributed by atoms with Gasteiger partial charge in [-0.05, 0) is 58.6 Å². The van der Waals surface area contributed by atoms with Crippen LogP contribution in [0.25, 0.3) is 0 Å². The number of hydrogen-bond donors (Lipinski definition) is 1. The summed E-state index contributed by atoms with van der Waals surface area (Å²) in [4.78, 5) is 4.21. The van der Waals surface area contributed by atoms with Crippen LogP contribution in [0.3, 0.4) is 0 Å². The molecule has 0 saturated heterocycles. The number of nitrogens with zero attached hydrogens (tertiary/aromatic N) is 1. The van der Waals surface area contributed by atoms with E-state index in [-0.39, 0.29) is 6.04 Å². The highest BCUT2D eigenvalue weighted by atomic mass is 79.9. The van der Waals surface area contributed by atoms with Crippen LogP contribution in [-0.4, -0.2) is 18.1 Å². The molecule has 4 nitrogen and oxygen atoms in total. The fourth-order valence-electron chi connectivity index (χ4n) is 1.90. The van der Waals surface area contributed by atoms with Crippen LogP contribution in [0.4, 0.5) is 0 Å². The van der Waals surface area contributed by atoms with Crippen molar-refractivity contribution in [2.75, 3.05) is 7.11 Å². The third-order valence-corrected chi connectivity index (χ3v) is 3.78. The van der Waals surface area contributed by atoms with Crippen LogP contribution in [0.15, 0.2) is 41.1 Å². The summed E-state index contributed by atoms with van der Waals surface area (Å²) in [7, 11) is 1.63. The Bertz CT molecular complexity index is 605. The maximum absolute atomic E-state index is 5.97. The molecule has 1 unspecified atom stereocenters. The Balaban J connectivity index is 2.14. The Kier molecular flexibility index (Phi) is 5.59. The summed E-state index contributed by atoms with van der Waals surface area (Å²) < 4.78 is 11.9. The van der Waals surface area contributed by atoms with Gasteiger partial charge in [0.15, 0.2) is 0 Å². The maximum Gasteiger partial charge on any atom is 0.146 e. The second-order valence-electron chi connectivity index (χ2n) is 4.80. The van der Waals surface area contributed by atoms with Crippen LogP contribution >= 0.6 is 15.9 Å². The van der Waals surface area contributed by atoms with Crippen molar-refractivity contribution in [2.24, 2.45) is 5.73 Å². The van der Waals surface area contributed by atoms with Gasteiger partial charge in [-0.25, -0.2) is 0 Å². The molecule has 0 aliphatic carbocycles. The lowest BCUT2D eigenvalue weighted by molar-refractivity contribution is 0.412. The van der Waals surface area contributed by atoms with Crippen LogP contribution in [0, 0.1) is 0 Å². The number of halogens is 1. The molecule has 1 aromatic carbocycles. The van der Waals surface area contributed by atoms with E-state index in [4.69, 9.17) is 15.2 Å². The van der Waals surface area contributed by atoms with Crippen LogP contribution in [0.2, 0.25) is 0 Å². The molecule has 0 bridgehead atoms. The van der Waals surface area contributed by atoms with Crippen molar-refractivity contribution in [3.8, 4) is 17.2 Å². The van der Waals surface area contributed by atoms with Gasteiger partial charge in [0, 0.05) is 12.2 Å². The minimum atomic E-state index is 0.148. The zero-order valence-corrected chi connectivity index (χ0v) is 13.8. The molecule has 0 fully saturated rings. The molecule has 2 N–H and O–H groups in total. The molecule has 0 aliphatic rings.